The molecule has 3 aromatic rings. The van der Waals surface area contributed by atoms with Gasteiger partial charge in [0.2, 0.25) is 0 Å². The Labute approximate surface area is 216 Å². The van der Waals surface area contributed by atoms with E-state index in [4.69, 9.17) is 26.1 Å². The van der Waals surface area contributed by atoms with Crippen LogP contribution in [0.15, 0.2) is 42.6 Å². The van der Waals surface area contributed by atoms with Crippen molar-refractivity contribution in [1.82, 2.24) is 14.9 Å². The minimum absolute atomic E-state index is 0.0687. The van der Waals surface area contributed by atoms with Crippen molar-refractivity contribution >= 4 is 59.4 Å². The summed E-state index contributed by atoms with van der Waals surface area (Å²) in [6, 6.07) is 12.1. The summed E-state index contributed by atoms with van der Waals surface area (Å²) in [5.74, 6) is 1.22. The first-order chi connectivity index (χ1) is 17.0. The Bertz CT molecular complexity index is 1250. The van der Waals surface area contributed by atoms with Crippen molar-refractivity contribution in [3.63, 3.8) is 0 Å². The van der Waals surface area contributed by atoms with Gasteiger partial charge in [0.1, 0.15) is 0 Å². The van der Waals surface area contributed by atoms with E-state index in [0.29, 0.717) is 16.7 Å². The molecular formula is C25H27AsClN5O3. The number of fused-ring (bicyclic) bond motifs is 1. The van der Waals surface area contributed by atoms with E-state index in [1.54, 1.807) is 18.2 Å². The predicted molar refractivity (Wildman–Crippen MR) is 140 cm³/mol. The van der Waals surface area contributed by atoms with Crippen LogP contribution in [0, 0.1) is 0 Å². The van der Waals surface area contributed by atoms with Crippen LogP contribution in [0.5, 0.6) is 5.75 Å². The first-order valence-corrected chi connectivity index (χ1v) is 14.0. The van der Waals surface area contributed by atoms with Crippen LogP contribution in [0.1, 0.15) is 15.9 Å². The van der Waals surface area contributed by atoms with Crippen LogP contribution < -0.4 is 23.8 Å². The second-order valence-corrected chi connectivity index (χ2v) is 11.5. The van der Waals surface area contributed by atoms with Crippen molar-refractivity contribution in [2.45, 2.75) is 6.42 Å². The Morgan fingerprint density at radius 3 is 2.80 bits per heavy atom. The van der Waals surface area contributed by atoms with Gasteiger partial charge in [-0.25, -0.2) is 0 Å². The number of benzene rings is 2. The van der Waals surface area contributed by atoms with Crippen molar-refractivity contribution in [3.05, 3.63) is 58.7 Å². The molecule has 10 heteroatoms. The van der Waals surface area contributed by atoms with Gasteiger partial charge in [-0.2, -0.15) is 0 Å². The van der Waals surface area contributed by atoms with Crippen molar-refractivity contribution in [2.24, 2.45) is 0 Å². The number of aromatic nitrogens is 2. The quantitative estimate of drug-likeness (QED) is 0.464. The molecule has 1 saturated heterocycles. The molecule has 2 aliphatic heterocycles. The molecule has 3 heterocycles. The van der Waals surface area contributed by atoms with Crippen LogP contribution in [0.3, 0.4) is 0 Å². The SMILES string of the molecule is COc1cc(N2CCOCC2)ccc1Nc1ncc(Cl)c([AsH]c2cccc3c2C(=O)N(C)CC3)n1. The molecule has 0 radical (unpaired) electrons. The number of anilines is 3. The van der Waals surface area contributed by atoms with Gasteiger partial charge in [0, 0.05) is 0 Å². The van der Waals surface area contributed by atoms with Crippen molar-refractivity contribution < 1.29 is 14.3 Å². The monoisotopic (exact) mass is 555 g/mol. The Morgan fingerprint density at radius 1 is 1.17 bits per heavy atom. The Kier molecular flexibility index (Phi) is 7.14. The third kappa shape index (κ3) is 5.10. The van der Waals surface area contributed by atoms with Crippen molar-refractivity contribution in [2.75, 3.05) is 57.2 Å². The summed E-state index contributed by atoms with van der Waals surface area (Å²) in [4.78, 5) is 26.1. The standard InChI is InChI=1S/C25H27AsClN5O3/c1-31-9-8-16-4-3-5-18(22(16)24(31)33)26-23-19(27)15-28-25(30-23)29-20-7-6-17(14-21(20)34-2)32-10-12-35-13-11-32/h3-7,14-15,26H,8-13H2,1-2H3,(H,28,29,30). The van der Waals surface area contributed by atoms with Gasteiger partial charge in [0.05, 0.1) is 0 Å². The maximum absolute atomic E-state index is 12.9. The molecule has 1 N–H and O–H groups in total. The molecule has 5 rings (SSSR count). The van der Waals surface area contributed by atoms with E-state index in [0.717, 1.165) is 70.6 Å². The number of halogens is 1. The summed E-state index contributed by atoms with van der Waals surface area (Å²) in [5, 5.41) is 3.79. The van der Waals surface area contributed by atoms with Crippen molar-refractivity contribution in [3.8, 4) is 5.75 Å². The van der Waals surface area contributed by atoms with E-state index in [-0.39, 0.29) is 5.91 Å². The molecule has 35 heavy (non-hydrogen) atoms. The van der Waals surface area contributed by atoms with Crippen LogP contribution in [-0.4, -0.2) is 83.5 Å². The van der Waals surface area contributed by atoms with Crippen LogP contribution in [-0.2, 0) is 11.2 Å². The summed E-state index contributed by atoms with van der Waals surface area (Å²) in [6.45, 7) is 3.89. The molecule has 1 atom stereocenters. The number of morpholine rings is 1. The molecule has 0 spiro atoms. The molecule has 1 aromatic heterocycles. The van der Waals surface area contributed by atoms with Gasteiger partial charge >= 0.3 is 217 Å². The molecule has 2 aliphatic rings. The molecule has 0 aliphatic carbocycles. The summed E-state index contributed by atoms with van der Waals surface area (Å²) in [5.41, 5.74) is 3.77. The van der Waals surface area contributed by atoms with E-state index in [1.807, 2.05) is 37.4 Å². The van der Waals surface area contributed by atoms with Gasteiger partial charge in [-0.15, -0.1) is 0 Å². The molecule has 0 bridgehead atoms. The summed E-state index contributed by atoms with van der Waals surface area (Å²) in [7, 11) is 3.50. The predicted octanol–water partition coefficient (Wildman–Crippen LogP) is 1.73. The van der Waals surface area contributed by atoms with E-state index in [1.165, 1.54) is 0 Å². The number of likely N-dealkylation sites (N-methyl/N-ethyl adjacent to an activating group) is 1. The zero-order valence-corrected chi connectivity index (χ0v) is 22.5. The fourth-order valence-corrected chi connectivity index (χ4v) is 7.11. The van der Waals surface area contributed by atoms with Gasteiger partial charge < -0.3 is 0 Å². The molecule has 2 aromatic carbocycles. The molecule has 0 saturated carbocycles. The van der Waals surface area contributed by atoms with Gasteiger partial charge in [-0.05, 0) is 0 Å². The normalized spacial score (nSPS) is 16.0. The summed E-state index contributed by atoms with van der Waals surface area (Å²) >= 11 is 5.54. The third-order valence-corrected chi connectivity index (χ3v) is 9.58. The molecular weight excluding hydrogens is 529 g/mol. The first kappa shape index (κ1) is 23.9. The Morgan fingerprint density at radius 2 is 2.00 bits per heavy atom. The summed E-state index contributed by atoms with van der Waals surface area (Å²) < 4.78 is 12.9. The fraction of sp³-hybridized carbons (Fsp3) is 0.320. The zero-order chi connectivity index (χ0) is 24.4. The van der Waals surface area contributed by atoms with E-state index >= 15 is 0 Å². The zero-order valence-electron chi connectivity index (χ0n) is 19.7. The van der Waals surface area contributed by atoms with Crippen LogP contribution in [0.2, 0.25) is 5.02 Å². The van der Waals surface area contributed by atoms with Gasteiger partial charge in [-0.3, -0.25) is 0 Å². The number of nitrogens with zero attached hydrogens (tertiary/aromatic N) is 4. The van der Waals surface area contributed by atoms with Crippen LogP contribution >= 0.6 is 11.6 Å². The van der Waals surface area contributed by atoms with Gasteiger partial charge in [0.15, 0.2) is 0 Å². The average Bonchev–Trinajstić information content (AvgIpc) is 2.89. The number of hydrogen-bond donors (Lipinski definition) is 1. The number of ether oxygens (including phenoxy) is 2. The number of carbonyl (C=O) groups is 1. The Balaban J connectivity index is 1.40. The maximum atomic E-state index is 12.9. The number of carbonyl (C=O) groups excluding carboxylic acids is 1. The number of hydrogen-bond acceptors (Lipinski definition) is 7. The van der Waals surface area contributed by atoms with Gasteiger partial charge in [0.25, 0.3) is 0 Å². The fourth-order valence-electron chi connectivity index (χ4n) is 4.31. The Hall–Kier alpha value is -2.80. The molecule has 1 fully saturated rings. The van der Waals surface area contributed by atoms with Crippen LogP contribution in [0.4, 0.5) is 17.3 Å². The van der Waals surface area contributed by atoms with E-state index < -0.39 is 15.8 Å². The number of amides is 1. The number of methoxy groups -OCH3 is 1. The molecule has 1 amide bonds. The first-order valence-electron chi connectivity index (χ1n) is 11.5. The topological polar surface area (TPSA) is 79.8 Å². The summed E-state index contributed by atoms with van der Waals surface area (Å²) in [6.07, 6.45) is 2.48. The minimum atomic E-state index is -0.964. The third-order valence-electron chi connectivity index (χ3n) is 6.23. The molecule has 182 valence electrons. The van der Waals surface area contributed by atoms with E-state index in [9.17, 15) is 4.79 Å². The number of nitrogens with one attached hydrogen (secondary N) is 1. The second-order valence-electron chi connectivity index (χ2n) is 8.44. The van der Waals surface area contributed by atoms with Gasteiger partial charge in [-0.1, -0.05) is 0 Å². The number of rotatable bonds is 6. The second kappa shape index (κ2) is 10.4. The molecule has 1 unspecified atom stereocenters. The molecule has 8 nitrogen and oxygen atoms in total. The van der Waals surface area contributed by atoms with Crippen LogP contribution in [0.25, 0.3) is 0 Å². The van der Waals surface area contributed by atoms with Crippen molar-refractivity contribution in [1.29, 1.82) is 0 Å². The average molecular weight is 556 g/mol. The van der Waals surface area contributed by atoms with E-state index in [2.05, 4.69) is 21.3 Å².